The molecule has 1 unspecified atom stereocenters. The molecule has 1 atom stereocenters. The highest BCUT2D eigenvalue weighted by Gasteiger charge is 2.32. The summed E-state index contributed by atoms with van der Waals surface area (Å²) in [5, 5.41) is 0. The number of carbonyl (C=O) groups excluding carboxylic acids is 2. The quantitative estimate of drug-likeness (QED) is 0.701. The molecule has 0 aliphatic rings. The first kappa shape index (κ1) is 14.3. The van der Waals surface area contributed by atoms with E-state index in [0.29, 0.717) is 12.8 Å². The number of hydrogen-bond donors (Lipinski definition) is 0. The number of Topliss-reactive ketones (excluding diaryl/α,β-unsaturated/α-hetero) is 2. The van der Waals surface area contributed by atoms with Gasteiger partial charge in [-0.05, 0) is 5.92 Å². The van der Waals surface area contributed by atoms with Crippen molar-refractivity contribution in [3.63, 3.8) is 0 Å². The fraction of sp³-hybridized carbons (Fsp3) is 0.846. The van der Waals surface area contributed by atoms with Crippen LogP contribution in [-0.4, -0.2) is 11.6 Å². The van der Waals surface area contributed by atoms with E-state index in [1.807, 2.05) is 41.5 Å². The second kappa shape index (κ2) is 5.43. The summed E-state index contributed by atoms with van der Waals surface area (Å²) in [6, 6.07) is 0. The number of hydrogen-bond acceptors (Lipinski definition) is 2. The lowest BCUT2D eigenvalue weighted by Crippen LogP contribution is -2.33. The van der Waals surface area contributed by atoms with Crippen molar-refractivity contribution < 1.29 is 9.59 Å². The summed E-state index contributed by atoms with van der Waals surface area (Å²) in [4.78, 5) is 23.5. The molecule has 0 heterocycles. The van der Waals surface area contributed by atoms with E-state index in [4.69, 9.17) is 0 Å². The van der Waals surface area contributed by atoms with Gasteiger partial charge in [0.15, 0.2) is 0 Å². The zero-order valence-electron chi connectivity index (χ0n) is 10.9. The van der Waals surface area contributed by atoms with Crippen LogP contribution in [-0.2, 0) is 9.59 Å². The van der Waals surface area contributed by atoms with Crippen molar-refractivity contribution in [2.24, 2.45) is 17.3 Å². The van der Waals surface area contributed by atoms with Crippen LogP contribution in [0.5, 0.6) is 0 Å². The number of ketones is 2. The van der Waals surface area contributed by atoms with Crippen molar-refractivity contribution >= 4 is 11.6 Å². The van der Waals surface area contributed by atoms with Crippen molar-refractivity contribution in [1.29, 1.82) is 0 Å². The highest BCUT2D eigenvalue weighted by molar-refractivity contribution is 5.90. The summed E-state index contributed by atoms with van der Waals surface area (Å²) in [6.45, 7) is 11.6. The molecule has 0 radical (unpaired) electrons. The van der Waals surface area contributed by atoms with E-state index < -0.39 is 0 Å². The maximum Gasteiger partial charge on any atom is 0.141 e. The largest absolute Gasteiger partial charge is 0.300 e. The molecule has 0 saturated carbocycles. The minimum Gasteiger partial charge on any atom is -0.300 e. The molecule has 0 spiro atoms. The van der Waals surface area contributed by atoms with Crippen LogP contribution in [0.15, 0.2) is 0 Å². The zero-order chi connectivity index (χ0) is 12.2. The normalized spacial score (nSPS) is 14.1. The zero-order valence-corrected chi connectivity index (χ0v) is 10.9. The molecular weight excluding hydrogens is 188 g/mol. The summed E-state index contributed by atoms with van der Waals surface area (Å²) in [6.07, 6.45) is 0.935. The Bertz CT molecular complexity index is 233. The van der Waals surface area contributed by atoms with E-state index in [1.54, 1.807) is 0 Å². The molecule has 0 saturated heterocycles. The lowest BCUT2D eigenvalue weighted by molar-refractivity contribution is -0.135. The van der Waals surface area contributed by atoms with Gasteiger partial charge in [0.1, 0.15) is 11.6 Å². The second-order valence-corrected chi connectivity index (χ2v) is 5.56. The average Bonchev–Trinajstić information content (AvgIpc) is 2.10. The maximum absolute atomic E-state index is 12.1. The van der Waals surface area contributed by atoms with E-state index in [0.717, 1.165) is 0 Å². The van der Waals surface area contributed by atoms with Gasteiger partial charge in [0.25, 0.3) is 0 Å². The fourth-order valence-electron chi connectivity index (χ4n) is 1.58. The van der Waals surface area contributed by atoms with Crippen LogP contribution in [0.25, 0.3) is 0 Å². The molecule has 0 fully saturated rings. The van der Waals surface area contributed by atoms with Crippen molar-refractivity contribution in [2.75, 3.05) is 0 Å². The Labute approximate surface area is 93.4 Å². The van der Waals surface area contributed by atoms with Crippen LogP contribution in [0, 0.1) is 17.3 Å². The molecule has 0 aromatic carbocycles. The molecular formula is C13H24O2. The Morgan fingerprint density at radius 1 is 1.13 bits per heavy atom. The third-order valence-corrected chi connectivity index (χ3v) is 2.72. The van der Waals surface area contributed by atoms with Gasteiger partial charge in [-0.15, -0.1) is 0 Å². The molecule has 15 heavy (non-hydrogen) atoms. The molecule has 0 bridgehead atoms. The van der Waals surface area contributed by atoms with Crippen LogP contribution in [0.3, 0.4) is 0 Å². The SMILES string of the molecule is CCC(=O)CC(C(=O)C(C)(C)C)C(C)C. The maximum atomic E-state index is 12.1. The van der Waals surface area contributed by atoms with E-state index in [2.05, 4.69) is 0 Å². The van der Waals surface area contributed by atoms with Gasteiger partial charge in [-0.1, -0.05) is 41.5 Å². The highest BCUT2D eigenvalue weighted by atomic mass is 16.1. The van der Waals surface area contributed by atoms with Crippen LogP contribution in [0.2, 0.25) is 0 Å². The molecule has 0 aromatic heterocycles. The van der Waals surface area contributed by atoms with E-state index in [1.165, 1.54) is 0 Å². The van der Waals surface area contributed by atoms with Gasteiger partial charge < -0.3 is 0 Å². The van der Waals surface area contributed by atoms with Crippen molar-refractivity contribution in [1.82, 2.24) is 0 Å². The van der Waals surface area contributed by atoms with Gasteiger partial charge in [0, 0.05) is 24.2 Å². The summed E-state index contributed by atoms with van der Waals surface area (Å²) >= 11 is 0. The van der Waals surface area contributed by atoms with Crippen LogP contribution in [0.1, 0.15) is 54.4 Å². The topological polar surface area (TPSA) is 34.1 Å². The minimum atomic E-state index is -0.344. The predicted octanol–water partition coefficient (Wildman–Crippen LogP) is 3.24. The molecule has 0 N–H and O–H groups in total. The number of rotatable bonds is 5. The van der Waals surface area contributed by atoms with E-state index in [-0.39, 0.29) is 28.8 Å². The van der Waals surface area contributed by atoms with Crippen LogP contribution < -0.4 is 0 Å². The summed E-state index contributed by atoms with van der Waals surface area (Å²) in [5.41, 5.74) is -0.344. The summed E-state index contributed by atoms with van der Waals surface area (Å²) in [5.74, 6) is 0.523. The fourth-order valence-corrected chi connectivity index (χ4v) is 1.58. The van der Waals surface area contributed by atoms with Gasteiger partial charge >= 0.3 is 0 Å². The first-order chi connectivity index (χ1) is 6.70. The Morgan fingerprint density at radius 3 is 1.87 bits per heavy atom. The van der Waals surface area contributed by atoms with E-state index in [9.17, 15) is 9.59 Å². The minimum absolute atomic E-state index is 0.113. The standard InChI is InChI=1S/C13H24O2/c1-7-10(14)8-11(9(2)3)12(15)13(4,5)6/h9,11H,7-8H2,1-6H3. The lowest BCUT2D eigenvalue weighted by atomic mass is 9.76. The summed E-state index contributed by atoms with van der Waals surface area (Å²) in [7, 11) is 0. The summed E-state index contributed by atoms with van der Waals surface area (Å²) < 4.78 is 0. The molecule has 2 heteroatoms. The first-order valence-electron chi connectivity index (χ1n) is 5.76. The average molecular weight is 212 g/mol. The van der Waals surface area contributed by atoms with Gasteiger partial charge in [0.05, 0.1) is 0 Å². The highest BCUT2D eigenvalue weighted by Crippen LogP contribution is 2.27. The van der Waals surface area contributed by atoms with E-state index >= 15 is 0 Å². The predicted molar refractivity (Wildman–Crippen MR) is 62.7 cm³/mol. The Kier molecular flexibility index (Phi) is 5.19. The Balaban J connectivity index is 4.68. The molecule has 0 rings (SSSR count). The smallest absolute Gasteiger partial charge is 0.141 e. The van der Waals surface area contributed by atoms with Crippen molar-refractivity contribution in [3.8, 4) is 0 Å². The Morgan fingerprint density at radius 2 is 1.60 bits per heavy atom. The van der Waals surface area contributed by atoms with Gasteiger partial charge in [0.2, 0.25) is 0 Å². The third-order valence-electron chi connectivity index (χ3n) is 2.72. The van der Waals surface area contributed by atoms with Gasteiger partial charge in [-0.2, -0.15) is 0 Å². The molecule has 0 aromatic rings. The first-order valence-corrected chi connectivity index (χ1v) is 5.76. The lowest BCUT2D eigenvalue weighted by Gasteiger charge is -2.26. The monoisotopic (exact) mass is 212 g/mol. The van der Waals surface area contributed by atoms with Gasteiger partial charge in [-0.3, -0.25) is 9.59 Å². The number of carbonyl (C=O) groups is 2. The molecule has 2 nitrogen and oxygen atoms in total. The molecule has 0 aliphatic heterocycles. The third kappa shape index (κ3) is 4.59. The molecule has 0 amide bonds. The van der Waals surface area contributed by atoms with Crippen LogP contribution >= 0.6 is 0 Å². The van der Waals surface area contributed by atoms with Crippen LogP contribution in [0.4, 0.5) is 0 Å². The molecule has 88 valence electrons. The van der Waals surface area contributed by atoms with Crippen molar-refractivity contribution in [3.05, 3.63) is 0 Å². The Hall–Kier alpha value is -0.660. The van der Waals surface area contributed by atoms with Gasteiger partial charge in [-0.25, -0.2) is 0 Å². The second-order valence-electron chi connectivity index (χ2n) is 5.56. The van der Waals surface area contributed by atoms with Crippen molar-refractivity contribution in [2.45, 2.75) is 54.4 Å². The molecule has 0 aliphatic carbocycles.